The lowest BCUT2D eigenvalue weighted by Crippen LogP contribution is -2.56. The highest BCUT2D eigenvalue weighted by Gasteiger charge is 2.35. The highest BCUT2D eigenvalue weighted by molar-refractivity contribution is 5.68. The van der Waals surface area contributed by atoms with Crippen LogP contribution in [0.2, 0.25) is 0 Å². The van der Waals surface area contributed by atoms with Gasteiger partial charge in [-0.15, -0.1) is 0 Å². The summed E-state index contributed by atoms with van der Waals surface area (Å²) >= 11 is 0. The van der Waals surface area contributed by atoms with Gasteiger partial charge >= 0.3 is 6.09 Å². The molecule has 0 unspecified atom stereocenters. The summed E-state index contributed by atoms with van der Waals surface area (Å²) in [5, 5.41) is 16.9. The van der Waals surface area contributed by atoms with Crippen LogP contribution < -0.4 is 10.6 Å². The number of rotatable bonds is 4. The maximum atomic E-state index is 11.7. The van der Waals surface area contributed by atoms with Gasteiger partial charge in [0, 0.05) is 18.6 Å². The summed E-state index contributed by atoms with van der Waals surface area (Å²) in [4.78, 5) is 11.7. The molecule has 2 fully saturated rings. The Kier molecular flexibility index (Phi) is 5.38. The van der Waals surface area contributed by atoms with E-state index in [0.29, 0.717) is 12.6 Å². The Morgan fingerprint density at radius 2 is 1.82 bits per heavy atom. The van der Waals surface area contributed by atoms with Gasteiger partial charge in [0.2, 0.25) is 0 Å². The zero-order valence-corrected chi connectivity index (χ0v) is 14.4. The van der Waals surface area contributed by atoms with Crippen LogP contribution >= 0.6 is 0 Å². The number of nitrogens with one attached hydrogen (secondary N) is 2. The molecular weight excluding hydrogens is 280 g/mol. The fourth-order valence-corrected chi connectivity index (χ4v) is 3.19. The quantitative estimate of drug-likeness (QED) is 0.746. The summed E-state index contributed by atoms with van der Waals surface area (Å²) in [6.07, 6.45) is 5.51. The second-order valence-electron chi connectivity index (χ2n) is 8.30. The Bertz CT molecular complexity index is 378. The van der Waals surface area contributed by atoms with Gasteiger partial charge in [-0.3, -0.25) is 0 Å². The third-order valence-electron chi connectivity index (χ3n) is 4.78. The average Bonchev–Trinajstić information content (AvgIpc) is 2.34. The normalized spacial score (nSPS) is 35.6. The summed E-state index contributed by atoms with van der Waals surface area (Å²) in [6.45, 7) is 8.52. The minimum atomic E-state index is -0.532. The highest BCUT2D eigenvalue weighted by atomic mass is 16.6. The first-order chi connectivity index (χ1) is 10.2. The van der Waals surface area contributed by atoms with Crippen LogP contribution in [0.25, 0.3) is 0 Å². The standard InChI is InChI=1S/C17H32N2O3/c1-12-5-7-17(21,8-6-12)11-18-13-9-14(10-13)19-15(20)22-16(2,3)4/h12-14,18,21H,5-11H2,1-4H3,(H,19,20). The number of amides is 1. The maximum absolute atomic E-state index is 11.7. The molecule has 2 aliphatic carbocycles. The minimum absolute atomic E-state index is 0.188. The van der Waals surface area contributed by atoms with Gasteiger partial charge in [0.1, 0.15) is 5.60 Å². The molecule has 0 heterocycles. The molecule has 22 heavy (non-hydrogen) atoms. The van der Waals surface area contributed by atoms with Gasteiger partial charge in [0.25, 0.3) is 0 Å². The number of carbonyl (C=O) groups is 1. The zero-order chi connectivity index (χ0) is 16.4. The smallest absolute Gasteiger partial charge is 0.407 e. The predicted molar refractivity (Wildman–Crippen MR) is 86.8 cm³/mol. The van der Waals surface area contributed by atoms with Crippen LogP contribution in [0.1, 0.15) is 66.2 Å². The summed E-state index contributed by atoms with van der Waals surface area (Å²) in [7, 11) is 0. The maximum Gasteiger partial charge on any atom is 0.407 e. The topological polar surface area (TPSA) is 70.6 Å². The number of hydrogen-bond acceptors (Lipinski definition) is 4. The Morgan fingerprint density at radius 1 is 1.23 bits per heavy atom. The number of aliphatic hydroxyl groups is 1. The van der Waals surface area contributed by atoms with Crippen molar-refractivity contribution in [1.82, 2.24) is 10.6 Å². The third kappa shape index (κ3) is 5.43. The number of alkyl carbamates (subject to hydrolysis) is 1. The first-order valence-electron chi connectivity index (χ1n) is 8.60. The molecule has 2 rings (SSSR count). The summed E-state index contributed by atoms with van der Waals surface area (Å²) in [5.41, 5.74) is -0.983. The fraction of sp³-hybridized carbons (Fsp3) is 0.941. The van der Waals surface area contributed by atoms with Crippen molar-refractivity contribution in [3.8, 4) is 0 Å². The van der Waals surface area contributed by atoms with Crippen LogP contribution in [0.5, 0.6) is 0 Å². The van der Waals surface area contributed by atoms with Gasteiger partial charge < -0.3 is 20.5 Å². The van der Waals surface area contributed by atoms with Crippen molar-refractivity contribution in [2.45, 2.75) is 89.5 Å². The molecule has 5 nitrogen and oxygen atoms in total. The molecule has 0 aromatic heterocycles. The van der Waals surface area contributed by atoms with Gasteiger partial charge in [-0.25, -0.2) is 4.79 Å². The summed E-state index contributed by atoms with van der Waals surface area (Å²) in [6, 6.07) is 0.580. The van der Waals surface area contributed by atoms with Crippen LogP contribution in [0.15, 0.2) is 0 Å². The molecule has 0 aromatic rings. The van der Waals surface area contributed by atoms with Crippen molar-refractivity contribution >= 4 is 6.09 Å². The van der Waals surface area contributed by atoms with Gasteiger partial charge in [-0.05, 0) is 65.2 Å². The first-order valence-corrected chi connectivity index (χ1v) is 8.60. The number of carbonyl (C=O) groups excluding carboxylic acids is 1. The zero-order valence-electron chi connectivity index (χ0n) is 14.4. The molecule has 0 aromatic carbocycles. The Morgan fingerprint density at radius 3 is 2.36 bits per heavy atom. The van der Waals surface area contributed by atoms with Crippen LogP contribution in [0.4, 0.5) is 4.79 Å². The highest BCUT2D eigenvalue weighted by Crippen LogP contribution is 2.32. The van der Waals surface area contributed by atoms with Crippen LogP contribution in [0.3, 0.4) is 0 Å². The predicted octanol–water partition coefficient (Wildman–Crippen LogP) is 2.57. The number of hydrogen-bond donors (Lipinski definition) is 3. The molecule has 0 bridgehead atoms. The van der Waals surface area contributed by atoms with E-state index < -0.39 is 11.2 Å². The third-order valence-corrected chi connectivity index (χ3v) is 4.78. The van der Waals surface area contributed by atoms with Crippen LogP contribution in [0, 0.1) is 5.92 Å². The van der Waals surface area contributed by atoms with Gasteiger partial charge in [-0.1, -0.05) is 6.92 Å². The Balaban J connectivity index is 1.60. The van der Waals surface area contributed by atoms with Gasteiger partial charge in [-0.2, -0.15) is 0 Å². The monoisotopic (exact) mass is 312 g/mol. The van der Waals surface area contributed by atoms with Crippen molar-refractivity contribution in [1.29, 1.82) is 0 Å². The number of ether oxygens (including phenoxy) is 1. The van der Waals surface area contributed by atoms with E-state index in [1.807, 2.05) is 20.8 Å². The molecule has 0 saturated heterocycles. The molecule has 3 N–H and O–H groups in total. The van der Waals surface area contributed by atoms with Crippen LogP contribution in [-0.4, -0.2) is 41.0 Å². The molecule has 2 aliphatic rings. The van der Waals surface area contributed by atoms with E-state index in [0.717, 1.165) is 44.4 Å². The summed E-state index contributed by atoms with van der Waals surface area (Å²) < 4.78 is 5.25. The molecule has 2 saturated carbocycles. The van der Waals surface area contributed by atoms with Crippen molar-refractivity contribution in [2.24, 2.45) is 5.92 Å². The van der Waals surface area contributed by atoms with E-state index in [2.05, 4.69) is 17.6 Å². The Hall–Kier alpha value is -0.810. The second kappa shape index (κ2) is 6.75. The van der Waals surface area contributed by atoms with Crippen molar-refractivity contribution in [2.75, 3.05) is 6.54 Å². The van der Waals surface area contributed by atoms with E-state index in [1.165, 1.54) is 0 Å². The van der Waals surface area contributed by atoms with Crippen molar-refractivity contribution in [3.63, 3.8) is 0 Å². The van der Waals surface area contributed by atoms with E-state index >= 15 is 0 Å². The molecule has 0 radical (unpaired) electrons. The molecule has 128 valence electrons. The van der Waals surface area contributed by atoms with Gasteiger partial charge in [0.05, 0.1) is 5.60 Å². The fourth-order valence-electron chi connectivity index (χ4n) is 3.19. The van der Waals surface area contributed by atoms with Crippen molar-refractivity contribution in [3.05, 3.63) is 0 Å². The molecular formula is C17H32N2O3. The summed E-state index contributed by atoms with van der Waals surface area (Å²) in [5.74, 6) is 0.742. The molecule has 0 spiro atoms. The van der Waals surface area contributed by atoms with E-state index in [-0.39, 0.29) is 12.1 Å². The Labute approximate surface area is 134 Å². The van der Waals surface area contributed by atoms with E-state index in [1.54, 1.807) is 0 Å². The minimum Gasteiger partial charge on any atom is -0.444 e. The lowest BCUT2D eigenvalue weighted by atomic mass is 9.79. The average molecular weight is 312 g/mol. The van der Waals surface area contributed by atoms with E-state index in [4.69, 9.17) is 4.74 Å². The van der Waals surface area contributed by atoms with Crippen molar-refractivity contribution < 1.29 is 14.6 Å². The SMILES string of the molecule is CC1CCC(O)(CNC2CC(NC(=O)OC(C)(C)C)C2)CC1. The lowest BCUT2D eigenvalue weighted by Gasteiger charge is -2.40. The molecule has 0 atom stereocenters. The lowest BCUT2D eigenvalue weighted by molar-refractivity contribution is -0.0115. The molecule has 0 aliphatic heterocycles. The molecule has 5 heteroatoms. The van der Waals surface area contributed by atoms with Crippen LogP contribution in [-0.2, 0) is 4.74 Å². The largest absolute Gasteiger partial charge is 0.444 e. The second-order valence-corrected chi connectivity index (χ2v) is 8.30. The molecule has 1 amide bonds. The first kappa shape index (κ1) is 17.5. The van der Waals surface area contributed by atoms with Gasteiger partial charge in [0.15, 0.2) is 0 Å². The van der Waals surface area contributed by atoms with E-state index in [9.17, 15) is 9.90 Å².